The molecular formula is C23H34N2O6. The Kier molecular flexibility index (Phi) is 9.81. The molecule has 8 nitrogen and oxygen atoms in total. The molecule has 0 radical (unpaired) electrons. The van der Waals surface area contributed by atoms with Crippen LogP contribution in [0.25, 0.3) is 5.57 Å². The summed E-state index contributed by atoms with van der Waals surface area (Å²) >= 11 is 0. The summed E-state index contributed by atoms with van der Waals surface area (Å²) in [5.41, 5.74) is 1.36. The van der Waals surface area contributed by atoms with Crippen molar-refractivity contribution in [1.29, 1.82) is 0 Å². The third kappa shape index (κ3) is 5.77. The van der Waals surface area contributed by atoms with Gasteiger partial charge in [0.05, 0.1) is 33.0 Å². The van der Waals surface area contributed by atoms with Crippen molar-refractivity contribution in [3.05, 3.63) is 29.5 Å². The number of carbonyl (C=O) groups is 2. The Bertz CT molecular complexity index is 784. The molecule has 2 amide bonds. The second kappa shape index (κ2) is 12.3. The topological polar surface area (TPSA) is 77.5 Å². The number of ether oxygens (including phenoxy) is 4. The van der Waals surface area contributed by atoms with E-state index in [0.29, 0.717) is 61.2 Å². The van der Waals surface area contributed by atoms with Crippen LogP contribution in [0.4, 0.5) is 0 Å². The van der Waals surface area contributed by atoms with Gasteiger partial charge in [0, 0.05) is 33.9 Å². The minimum atomic E-state index is -0.289. The van der Waals surface area contributed by atoms with Gasteiger partial charge in [-0.1, -0.05) is 25.8 Å². The maximum atomic E-state index is 13.4. The fourth-order valence-electron chi connectivity index (χ4n) is 3.57. The Morgan fingerprint density at radius 1 is 0.871 bits per heavy atom. The lowest BCUT2D eigenvalue weighted by Gasteiger charge is -2.25. The van der Waals surface area contributed by atoms with E-state index >= 15 is 0 Å². The third-order valence-corrected chi connectivity index (χ3v) is 5.25. The van der Waals surface area contributed by atoms with Crippen LogP contribution in [0.5, 0.6) is 11.5 Å². The summed E-state index contributed by atoms with van der Waals surface area (Å²) in [6.45, 7) is 4.26. The van der Waals surface area contributed by atoms with Crippen LogP contribution in [0.15, 0.2) is 23.9 Å². The van der Waals surface area contributed by atoms with E-state index in [1.54, 1.807) is 46.6 Å². The molecule has 0 unspecified atom stereocenters. The van der Waals surface area contributed by atoms with Gasteiger partial charge < -0.3 is 23.8 Å². The van der Waals surface area contributed by atoms with E-state index in [-0.39, 0.29) is 11.8 Å². The molecule has 8 heteroatoms. The Morgan fingerprint density at radius 2 is 1.52 bits per heavy atom. The first-order valence-corrected chi connectivity index (χ1v) is 10.6. The minimum Gasteiger partial charge on any atom is -0.493 e. The molecule has 2 rings (SSSR count). The summed E-state index contributed by atoms with van der Waals surface area (Å²) < 4.78 is 21.2. The number of methoxy groups -OCH3 is 4. The highest BCUT2D eigenvalue weighted by atomic mass is 16.5. The molecule has 0 atom stereocenters. The van der Waals surface area contributed by atoms with Crippen LogP contribution in [0.1, 0.15) is 31.7 Å². The number of hydrogen-bond donors (Lipinski definition) is 0. The number of unbranched alkanes of at least 4 members (excludes halogenated alkanes) is 2. The lowest BCUT2D eigenvalue weighted by Crippen LogP contribution is -2.38. The molecule has 1 aliphatic heterocycles. The Hall–Kier alpha value is -2.58. The first-order chi connectivity index (χ1) is 15.0. The molecule has 31 heavy (non-hydrogen) atoms. The Morgan fingerprint density at radius 3 is 2.06 bits per heavy atom. The molecule has 0 saturated carbocycles. The number of nitrogens with zero attached hydrogens (tertiary/aromatic N) is 2. The molecule has 0 aromatic heterocycles. The molecule has 0 spiro atoms. The van der Waals surface area contributed by atoms with Gasteiger partial charge in [-0.3, -0.25) is 14.5 Å². The average Bonchev–Trinajstić information content (AvgIpc) is 3.03. The van der Waals surface area contributed by atoms with E-state index in [0.717, 1.165) is 19.3 Å². The lowest BCUT2D eigenvalue weighted by atomic mass is 10.0. The molecule has 0 saturated heterocycles. The number of hydrogen-bond acceptors (Lipinski definition) is 7. The molecule has 0 fully saturated rings. The molecule has 1 aromatic carbocycles. The van der Waals surface area contributed by atoms with Crippen molar-refractivity contribution in [2.75, 3.05) is 61.3 Å². The SMILES string of the molecule is CCCCCN1C(=O)C(c2ccc(OC)c(OC)c2)=C(N(CCOC)CCOC)C1=O. The van der Waals surface area contributed by atoms with Crippen LogP contribution in [-0.2, 0) is 19.1 Å². The molecule has 172 valence electrons. The summed E-state index contributed by atoms with van der Waals surface area (Å²) in [5.74, 6) is 0.485. The number of rotatable bonds is 14. The molecule has 1 aliphatic rings. The monoisotopic (exact) mass is 434 g/mol. The molecule has 0 aliphatic carbocycles. The van der Waals surface area contributed by atoms with Crippen LogP contribution >= 0.6 is 0 Å². The van der Waals surface area contributed by atoms with E-state index < -0.39 is 0 Å². The predicted octanol–water partition coefficient (Wildman–Crippen LogP) is 2.57. The zero-order chi connectivity index (χ0) is 22.8. The molecule has 0 N–H and O–H groups in total. The molecule has 1 heterocycles. The lowest BCUT2D eigenvalue weighted by molar-refractivity contribution is -0.137. The van der Waals surface area contributed by atoms with Gasteiger partial charge in [-0.15, -0.1) is 0 Å². The third-order valence-electron chi connectivity index (χ3n) is 5.25. The fourth-order valence-corrected chi connectivity index (χ4v) is 3.57. The standard InChI is InChI=1S/C23H34N2O6/c1-6-7-8-11-25-22(26)20(17-9-10-18(30-4)19(16-17)31-5)21(23(25)27)24(12-14-28-2)13-15-29-3/h9-10,16H,6-8,11-15H2,1-5H3. The first kappa shape index (κ1) is 24.7. The maximum Gasteiger partial charge on any atom is 0.277 e. The maximum absolute atomic E-state index is 13.4. The van der Waals surface area contributed by atoms with E-state index in [2.05, 4.69) is 6.92 Å². The number of carbonyl (C=O) groups excluding carboxylic acids is 2. The Balaban J connectivity index is 2.55. The predicted molar refractivity (Wildman–Crippen MR) is 118 cm³/mol. The van der Waals surface area contributed by atoms with Gasteiger partial charge in [0.25, 0.3) is 11.8 Å². The quantitative estimate of drug-likeness (QED) is 0.329. The van der Waals surface area contributed by atoms with Crippen molar-refractivity contribution in [2.24, 2.45) is 0 Å². The van der Waals surface area contributed by atoms with E-state index in [1.807, 2.05) is 4.90 Å². The second-order valence-corrected chi connectivity index (χ2v) is 7.24. The van der Waals surface area contributed by atoms with E-state index in [1.165, 1.54) is 4.90 Å². The van der Waals surface area contributed by atoms with Gasteiger partial charge >= 0.3 is 0 Å². The number of amides is 2. The van der Waals surface area contributed by atoms with Crippen molar-refractivity contribution in [3.63, 3.8) is 0 Å². The summed E-state index contributed by atoms with van der Waals surface area (Å²) in [6, 6.07) is 5.26. The molecular weight excluding hydrogens is 400 g/mol. The van der Waals surface area contributed by atoms with Gasteiger partial charge in [0.1, 0.15) is 5.70 Å². The molecule has 1 aromatic rings. The van der Waals surface area contributed by atoms with Crippen molar-refractivity contribution >= 4 is 17.4 Å². The number of benzene rings is 1. The highest BCUT2D eigenvalue weighted by molar-refractivity contribution is 6.35. The van der Waals surface area contributed by atoms with Crippen LogP contribution in [0, 0.1) is 0 Å². The van der Waals surface area contributed by atoms with Gasteiger partial charge in [0.15, 0.2) is 11.5 Å². The van der Waals surface area contributed by atoms with Crippen LogP contribution in [0.3, 0.4) is 0 Å². The van der Waals surface area contributed by atoms with Crippen molar-refractivity contribution in [3.8, 4) is 11.5 Å². The largest absolute Gasteiger partial charge is 0.493 e. The summed E-state index contributed by atoms with van der Waals surface area (Å²) in [4.78, 5) is 30.0. The van der Waals surface area contributed by atoms with E-state index in [4.69, 9.17) is 18.9 Å². The van der Waals surface area contributed by atoms with E-state index in [9.17, 15) is 9.59 Å². The Labute approximate surface area is 184 Å². The van der Waals surface area contributed by atoms with Crippen LogP contribution in [0.2, 0.25) is 0 Å². The summed E-state index contributed by atoms with van der Waals surface area (Å²) in [5, 5.41) is 0. The second-order valence-electron chi connectivity index (χ2n) is 7.24. The normalized spacial score (nSPS) is 13.9. The minimum absolute atomic E-state index is 0.280. The van der Waals surface area contributed by atoms with Gasteiger partial charge in [-0.05, 0) is 24.1 Å². The summed E-state index contributed by atoms with van der Waals surface area (Å²) in [7, 11) is 6.31. The first-order valence-electron chi connectivity index (χ1n) is 10.6. The van der Waals surface area contributed by atoms with Crippen molar-refractivity contribution < 1.29 is 28.5 Å². The van der Waals surface area contributed by atoms with Crippen molar-refractivity contribution in [1.82, 2.24) is 9.80 Å². The van der Waals surface area contributed by atoms with Crippen LogP contribution < -0.4 is 9.47 Å². The highest BCUT2D eigenvalue weighted by Gasteiger charge is 2.41. The number of imide groups is 1. The smallest absolute Gasteiger partial charge is 0.277 e. The average molecular weight is 435 g/mol. The molecule has 0 bridgehead atoms. The zero-order valence-electron chi connectivity index (χ0n) is 19.2. The van der Waals surface area contributed by atoms with Gasteiger partial charge in [-0.25, -0.2) is 0 Å². The van der Waals surface area contributed by atoms with Crippen LogP contribution in [-0.4, -0.2) is 82.9 Å². The summed E-state index contributed by atoms with van der Waals surface area (Å²) in [6.07, 6.45) is 2.73. The van der Waals surface area contributed by atoms with Gasteiger partial charge in [-0.2, -0.15) is 0 Å². The highest BCUT2D eigenvalue weighted by Crippen LogP contribution is 2.36. The van der Waals surface area contributed by atoms with Crippen molar-refractivity contribution in [2.45, 2.75) is 26.2 Å². The van der Waals surface area contributed by atoms with Gasteiger partial charge in [0.2, 0.25) is 0 Å². The fraction of sp³-hybridized carbons (Fsp3) is 0.565. The zero-order valence-corrected chi connectivity index (χ0v) is 19.2.